The fourth-order valence-electron chi connectivity index (χ4n) is 1.86. The van der Waals surface area contributed by atoms with E-state index in [0.29, 0.717) is 0 Å². The summed E-state index contributed by atoms with van der Waals surface area (Å²) in [5.74, 6) is -2.13. The van der Waals surface area contributed by atoms with Crippen molar-refractivity contribution in [3.8, 4) is 11.4 Å². The molecular weight excluding hydrogens is 405 g/mol. The Balaban J connectivity index is 2.30. The van der Waals surface area contributed by atoms with Crippen LogP contribution >= 0.6 is 34.5 Å². The number of thiophene rings is 1. The van der Waals surface area contributed by atoms with Crippen molar-refractivity contribution in [1.29, 1.82) is 0 Å². The molecule has 3 rings (SSSR count). The predicted octanol–water partition coefficient (Wildman–Crippen LogP) is 5.43. The lowest BCUT2D eigenvalue weighted by atomic mass is 10.3. The van der Waals surface area contributed by atoms with Gasteiger partial charge in [0.2, 0.25) is 5.82 Å². The van der Waals surface area contributed by atoms with Crippen LogP contribution in [-0.4, -0.2) is 19.9 Å². The molecule has 0 aliphatic carbocycles. The highest BCUT2D eigenvalue weighted by molar-refractivity contribution is 7.20. The number of alkyl halides is 6. The number of nitrogens with one attached hydrogen (secondary N) is 1. The van der Waals surface area contributed by atoms with Gasteiger partial charge in [-0.25, -0.2) is 15.0 Å². The number of fused-ring (bicyclic) bond motifs is 1. The molecule has 0 fully saturated rings. The lowest BCUT2D eigenvalue weighted by Crippen LogP contribution is -2.17. The number of hydrogen-bond donors (Lipinski definition) is 1. The minimum absolute atomic E-state index is 0.108. The molecule has 0 atom stereocenters. The van der Waals surface area contributed by atoms with Gasteiger partial charge in [-0.3, -0.25) is 0 Å². The smallest absolute Gasteiger partial charge is 0.335 e. The van der Waals surface area contributed by atoms with Crippen LogP contribution in [0.25, 0.3) is 22.6 Å². The van der Waals surface area contributed by atoms with E-state index in [-0.39, 0.29) is 20.1 Å². The lowest BCUT2D eigenvalue weighted by Gasteiger charge is -2.09. The summed E-state index contributed by atoms with van der Waals surface area (Å²) in [6.07, 6.45) is -10.3. The van der Waals surface area contributed by atoms with E-state index in [1.165, 1.54) is 6.07 Å². The molecule has 4 nitrogen and oxygen atoms in total. The van der Waals surface area contributed by atoms with Gasteiger partial charge in [-0.15, -0.1) is 11.3 Å². The second-order valence-corrected chi connectivity index (χ2v) is 6.70. The minimum atomic E-state index is -5.16. The Kier molecular flexibility index (Phi) is 3.92. The Labute approximate surface area is 142 Å². The first-order chi connectivity index (χ1) is 11.0. The van der Waals surface area contributed by atoms with E-state index in [1.807, 2.05) is 0 Å². The van der Waals surface area contributed by atoms with Gasteiger partial charge in [-0.1, -0.05) is 23.2 Å². The molecule has 0 radical (unpaired) electrons. The monoisotopic (exact) mass is 406 g/mol. The minimum Gasteiger partial charge on any atom is -0.335 e. The van der Waals surface area contributed by atoms with Crippen molar-refractivity contribution in [2.45, 2.75) is 12.4 Å². The number of H-pyrrole nitrogens is 1. The number of imidazole rings is 1. The maximum atomic E-state index is 13.0. The largest absolute Gasteiger partial charge is 0.451 e. The van der Waals surface area contributed by atoms with Crippen molar-refractivity contribution in [1.82, 2.24) is 19.9 Å². The highest BCUT2D eigenvalue weighted by Crippen LogP contribution is 2.40. The van der Waals surface area contributed by atoms with Gasteiger partial charge in [0.25, 0.3) is 0 Å². The van der Waals surface area contributed by atoms with Crippen LogP contribution in [0.3, 0.4) is 0 Å². The molecule has 0 bridgehead atoms. The molecule has 0 saturated carbocycles. The van der Waals surface area contributed by atoms with Crippen LogP contribution in [-0.2, 0) is 12.4 Å². The van der Waals surface area contributed by atoms with Gasteiger partial charge in [0.05, 0.1) is 4.34 Å². The fourth-order valence-corrected chi connectivity index (χ4v) is 3.32. The van der Waals surface area contributed by atoms with Crippen molar-refractivity contribution in [3.05, 3.63) is 26.3 Å². The third kappa shape index (κ3) is 3.03. The maximum absolute atomic E-state index is 13.0. The molecule has 0 spiro atoms. The molecule has 0 aliphatic rings. The van der Waals surface area contributed by atoms with E-state index in [0.717, 1.165) is 11.3 Å². The first-order valence-corrected chi connectivity index (χ1v) is 7.41. The first-order valence-electron chi connectivity index (χ1n) is 5.84. The van der Waals surface area contributed by atoms with Crippen LogP contribution in [0, 0.1) is 0 Å². The molecule has 3 aromatic rings. The maximum Gasteiger partial charge on any atom is 0.451 e. The highest BCUT2D eigenvalue weighted by Gasteiger charge is 2.42. The van der Waals surface area contributed by atoms with E-state index in [1.54, 1.807) is 0 Å². The second kappa shape index (κ2) is 5.46. The molecule has 0 aliphatic heterocycles. The Bertz CT molecular complexity index is 929. The zero-order valence-electron chi connectivity index (χ0n) is 10.9. The summed E-state index contributed by atoms with van der Waals surface area (Å²) in [5.41, 5.74) is -3.18. The van der Waals surface area contributed by atoms with E-state index in [9.17, 15) is 26.3 Å². The SMILES string of the molecule is FC(F)(F)c1nc(C(F)(F)F)c2[nH]c(-c3cc(Cl)sc3Cl)nc2n1. The van der Waals surface area contributed by atoms with Gasteiger partial charge in [0.1, 0.15) is 15.7 Å². The number of aromatic nitrogens is 4. The van der Waals surface area contributed by atoms with Gasteiger partial charge in [0.15, 0.2) is 11.3 Å². The predicted molar refractivity (Wildman–Crippen MR) is 75.0 cm³/mol. The molecule has 3 heterocycles. The van der Waals surface area contributed by atoms with Crippen molar-refractivity contribution in [2.75, 3.05) is 0 Å². The van der Waals surface area contributed by atoms with Crippen molar-refractivity contribution in [3.63, 3.8) is 0 Å². The van der Waals surface area contributed by atoms with Crippen molar-refractivity contribution >= 4 is 45.7 Å². The Morgan fingerprint density at radius 2 is 1.62 bits per heavy atom. The summed E-state index contributed by atoms with van der Waals surface area (Å²) in [5, 5.41) is 0. The number of aromatic amines is 1. The second-order valence-electron chi connectivity index (χ2n) is 4.41. The van der Waals surface area contributed by atoms with Gasteiger partial charge >= 0.3 is 12.4 Å². The molecule has 1 N–H and O–H groups in total. The molecule has 24 heavy (non-hydrogen) atoms. The topological polar surface area (TPSA) is 54.5 Å². The summed E-state index contributed by atoms with van der Waals surface area (Å²) in [4.78, 5) is 11.6. The number of halogens is 8. The number of nitrogens with zero attached hydrogens (tertiary/aromatic N) is 3. The fraction of sp³-hybridized carbons (Fsp3) is 0.182. The Morgan fingerprint density at radius 3 is 2.12 bits per heavy atom. The quantitative estimate of drug-likeness (QED) is 0.548. The van der Waals surface area contributed by atoms with E-state index in [2.05, 4.69) is 19.9 Å². The standard InChI is InChI=1S/C11H2Cl2F6N4S/c12-3-1-2(6(13)24-3)7-20-4-5(10(14,15)16)21-9(11(17,18)19)23-8(4)22-7/h1H,(H,20,21,22,23). The van der Waals surface area contributed by atoms with E-state index < -0.39 is 35.0 Å². The molecular formula is C11H2Cl2F6N4S. The molecule has 3 aromatic heterocycles. The molecule has 0 aromatic carbocycles. The molecule has 0 saturated heterocycles. The van der Waals surface area contributed by atoms with Crippen molar-refractivity contribution < 1.29 is 26.3 Å². The summed E-state index contributed by atoms with van der Waals surface area (Å²) in [6, 6.07) is 1.32. The zero-order valence-corrected chi connectivity index (χ0v) is 13.2. The van der Waals surface area contributed by atoms with Crippen LogP contribution < -0.4 is 0 Å². The third-order valence-corrected chi connectivity index (χ3v) is 4.27. The summed E-state index contributed by atoms with van der Waals surface area (Å²) < 4.78 is 77.6. The third-order valence-electron chi connectivity index (χ3n) is 2.78. The van der Waals surface area contributed by atoms with Gasteiger partial charge in [-0.05, 0) is 6.07 Å². The Morgan fingerprint density at radius 1 is 0.958 bits per heavy atom. The normalized spacial score (nSPS) is 13.0. The number of rotatable bonds is 1. The lowest BCUT2D eigenvalue weighted by molar-refractivity contribution is -0.151. The summed E-state index contributed by atoms with van der Waals surface area (Å²) in [7, 11) is 0. The zero-order chi connectivity index (χ0) is 17.9. The molecule has 13 heteroatoms. The van der Waals surface area contributed by atoms with E-state index >= 15 is 0 Å². The summed E-state index contributed by atoms with van der Waals surface area (Å²) >= 11 is 12.5. The highest BCUT2D eigenvalue weighted by atomic mass is 35.5. The van der Waals surface area contributed by atoms with Crippen LogP contribution in [0.4, 0.5) is 26.3 Å². The van der Waals surface area contributed by atoms with Crippen molar-refractivity contribution in [2.24, 2.45) is 0 Å². The molecule has 0 unspecified atom stereocenters. The Hall–Kier alpha value is -1.59. The van der Waals surface area contributed by atoms with Crippen LogP contribution in [0.5, 0.6) is 0 Å². The summed E-state index contributed by atoms with van der Waals surface area (Å²) in [6.45, 7) is 0. The number of hydrogen-bond acceptors (Lipinski definition) is 4. The average Bonchev–Trinajstić information content (AvgIpc) is 2.97. The van der Waals surface area contributed by atoms with Gasteiger partial charge in [-0.2, -0.15) is 26.3 Å². The van der Waals surface area contributed by atoms with E-state index in [4.69, 9.17) is 23.2 Å². The van der Waals surface area contributed by atoms with Crippen LogP contribution in [0.2, 0.25) is 8.67 Å². The molecule has 0 amide bonds. The first kappa shape index (κ1) is 17.2. The van der Waals surface area contributed by atoms with Crippen LogP contribution in [0.15, 0.2) is 6.07 Å². The van der Waals surface area contributed by atoms with Gasteiger partial charge < -0.3 is 4.98 Å². The van der Waals surface area contributed by atoms with Gasteiger partial charge in [0, 0.05) is 5.56 Å². The van der Waals surface area contributed by atoms with Crippen LogP contribution in [0.1, 0.15) is 11.5 Å². The average molecular weight is 407 g/mol. The molecule has 128 valence electrons.